The lowest BCUT2D eigenvalue weighted by Crippen LogP contribution is -2.23. The number of alkyl halides is 2. The molecule has 0 heterocycles. The molecule has 1 rings (SSSR count). The van der Waals surface area contributed by atoms with Crippen LogP contribution in [0.2, 0.25) is 0 Å². The lowest BCUT2D eigenvalue weighted by Gasteiger charge is -2.04. The second-order valence-electron chi connectivity index (χ2n) is 2.94. The summed E-state index contributed by atoms with van der Waals surface area (Å²) in [5.74, 6) is -0.286. The maximum Gasteiger partial charge on any atom is 0.250 e. The summed E-state index contributed by atoms with van der Waals surface area (Å²) in [5.41, 5.74) is 0.550. The number of hydrogen-bond donors (Lipinski definition) is 1. The second kappa shape index (κ2) is 5.65. The third kappa shape index (κ3) is 3.79. The van der Waals surface area contributed by atoms with Gasteiger partial charge in [-0.05, 0) is 24.6 Å². The number of nitrogens with one attached hydrogen (secondary N) is 1. The zero-order valence-electron chi connectivity index (χ0n) is 7.64. The summed E-state index contributed by atoms with van der Waals surface area (Å²) in [6, 6.07) is 6.35. The van der Waals surface area contributed by atoms with Crippen LogP contribution in [0.5, 0.6) is 0 Å². The fourth-order valence-corrected chi connectivity index (χ4v) is 1.14. The van der Waals surface area contributed by atoms with E-state index in [1.54, 1.807) is 18.2 Å². The van der Waals surface area contributed by atoms with Gasteiger partial charge in [0.1, 0.15) is 5.82 Å². The molecule has 0 saturated heterocycles. The van der Waals surface area contributed by atoms with E-state index >= 15 is 0 Å². The molecule has 1 nitrogen and oxygen atoms in total. The first kappa shape index (κ1) is 11.0. The van der Waals surface area contributed by atoms with Crippen molar-refractivity contribution in [3.8, 4) is 0 Å². The van der Waals surface area contributed by atoms with E-state index in [1.165, 1.54) is 6.07 Å². The first-order chi connectivity index (χ1) is 6.70. The van der Waals surface area contributed by atoms with Gasteiger partial charge < -0.3 is 5.32 Å². The number of benzene rings is 1. The monoisotopic (exact) mass is 203 g/mol. The van der Waals surface area contributed by atoms with Gasteiger partial charge in [0.2, 0.25) is 0 Å². The summed E-state index contributed by atoms with van der Waals surface area (Å²) in [7, 11) is 0. The van der Waals surface area contributed by atoms with Crippen LogP contribution < -0.4 is 5.32 Å². The molecule has 0 unspecified atom stereocenters. The van der Waals surface area contributed by atoms with Crippen molar-refractivity contribution in [3.63, 3.8) is 0 Å². The topological polar surface area (TPSA) is 12.0 Å². The Hall–Kier alpha value is -1.03. The van der Waals surface area contributed by atoms with Crippen molar-refractivity contribution in [3.05, 3.63) is 35.6 Å². The third-order valence-electron chi connectivity index (χ3n) is 1.83. The van der Waals surface area contributed by atoms with Crippen LogP contribution in [0.3, 0.4) is 0 Å². The maximum atomic E-state index is 13.0. The molecule has 0 aliphatic heterocycles. The molecule has 0 aliphatic carbocycles. The zero-order chi connectivity index (χ0) is 10.4. The summed E-state index contributed by atoms with van der Waals surface area (Å²) < 4.78 is 36.4. The van der Waals surface area contributed by atoms with Crippen molar-refractivity contribution in [2.24, 2.45) is 0 Å². The Labute approximate surface area is 80.9 Å². The molecule has 0 aromatic heterocycles. The largest absolute Gasteiger partial charge is 0.311 e. The van der Waals surface area contributed by atoms with E-state index in [2.05, 4.69) is 5.32 Å². The van der Waals surface area contributed by atoms with Crippen molar-refractivity contribution >= 4 is 0 Å². The van der Waals surface area contributed by atoms with Gasteiger partial charge in [-0.2, -0.15) is 0 Å². The average Bonchev–Trinajstić information content (AvgIpc) is 2.15. The molecule has 78 valence electrons. The molecule has 14 heavy (non-hydrogen) atoms. The van der Waals surface area contributed by atoms with E-state index < -0.39 is 6.43 Å². The Morgan fingerprint density at radius 2 is 1.93 bits per heavy atom. The molecule has 0 radical (unpaired) electrons. The molecule has 0 spiro atoms. The van der Waals surface area contributed by atoms with Gasteiger partial charge in [0.15, 0.2) is 0 Å². The van der Waals surface area contributed by atoms with Crippen LogP contribution in [0.4, 0.5) is 13.2 Å². The number of halogens is 3. The van der Waals surface area contributed by atoms with Crippen LogP contribution in [0, 0.1) is 5.82 Å². The first-order valence-electron chi connectivity index (χ1n) is 4.42. The molecule has 1 aromatic carbocycles. The average molecular weight is 203 g/mol. The zero-order valence-corrected chi connectivity index (χ0v) is 7.64. The van der Waals surface area contributed by atoms with E-state index in [9.17, 15) is 13.2 Å². The highest BCUT2D eigenvalue weighted by molar-refractivity contribution is 5.17. The molecule has 0 saturated carbocycles. The molecule has 0 bridgehead atoms. The van der Waals surface area contributed by atoms with E-state index in [4.69, 9.17) is 0 Å². The number of rotatable bonds is 5. The third-order valence-corrected chi connectivity index (χ3v) is 1.83. The summed E-state index contributed by atoms with van der Waals surface area (Å²) in [4.78, 5) is 0. The molecule has 0 fully saturated rings. The van der Waals surface area contributed by atoms with Crippen molar-refractivity contribution in [1.29, 1.82) is 0 Å². The first-order valence-corrected chi connectivity index (χ1v) is 4.42. The minimum absolute atomic E-state index is 0.286. The highest BCUT2D eigenvalue weighted by Crippen LogP contribution is 2.06. The fraction of sp³-hybridized carbons (Fsp3) is 0.400. The highest BCUT2D eigenvalue weighted by Gasteiger charge is 2.02. The van der Waals surface area contributed by atoms with Crippen LogP contribution >= 0.6 is 0 Å². The SMILES string of the molecule is Fc1ccccc1CCNCC(F)F. The van der Waals surface area contributed by atoms with Gasteiger partial charge in [-0.15, -0.1) is 0 Å². The summed E-state index contributed by atoms with van der Waals surface area (Å²) in [6.45, 7) is 0.0275. The lowest BCUT2D eigenvalue weighted by molar-refractivity contribution is 0.146. The van der Waals surface area contributed by atoms with Gasteiger partial charge in [0.05, 0.1) is 6.54 Å². The standard InChI is InChI=1S/C10H12F3N/c11-9-4-2-1-3-8(9)5-6-14-7-10(12)13/h1-4,10,14H,5-7H2. The Bertz CT molecular complexity index is 276. The van der Waals surface area contributed by atoms with E-state index in [1.807, 2.05) is 0 Å². The minimum atomic E-state index is -2.35. The Morgan fingerprint density at radius 3 is 2.57 bits per heavy atom. The normalized spacial score (nSPS) is 10.9. The van der Waals surface area contributed by atoms with E-state index in [0.29, 0.717) is 18.5 Å². The van der Waals surface area contributed by atoms with Gasteiger partial charge in [-0.25, -0.2) is 13.2 Å². The molecule has 0 aliphatic rings. The van der Waals surface area contributed by atoms with Crippen molar-refractivity contribution in [2.45, 2.75) is 12.8 Å². The van der Waals surface area contributed by atoms with Crippen LogP contribution in [-0.2, 0) is 6.42 Å². The van der Waals surface area contributed by atoms with Gasteiger partial charge in [0, 0.05) is 0 Å². The van der Waals surface area contributed by atoms with Crippen molar-refractivity contribution in [2.75, 3.05) is 13.1 Å². The van der Waals surface area contributed by atoms with Gasteiger partial charge in [-0.1, -0.05) is 18.2 Å². The maximum absolute atomic E-state index is 13.0. The van der Waals surface area contributed by atoms with Crippen molar-refractivity contribution < 1.29 is 13.2 Å². The summed E-state index contributed by atoms with van der Waals surface area (Å²) in [6.07, 6.45) is -1.92. The van der Waals surface area contributed by atoms with Crippen LogP contribution in [0.1, 0.15) is 5.56 Å². The summed E-state index contributed by atoms with van der Waals surface area (Å²) >= 11 is 0. The number of hydrogen-bond acceptors (Lipinski definition) is 1. The predicted molar refractivity (Wildman–Crippen MR) is 49.0 cm³/mol. The molecule has 0 atom stereocenters. The minimum Gasteiger partial charge on any atom is -0.311 e. The second-order valence-corrected chi connectivity index (χ2v) is 2.94. The Morgan fingerprint density at radius 1 is 1.21 bits per heavy atom. The quantitative estimate of drug-likeness (QED) is 0.723. The van der Waals surface area contributed by atoms with Crippen LogP contribution in [-0.4, -0.2) is 19.5 Å². The van der Waals surface area contributed by atoms with E-state index in [0.717, 1.165) is 0 Å². The molecule has 0 amide bonds. The summed E-state index contributed by atoms with van der Waals surface area (Å²) in [5, 5.41) is 2.54. The molecule has 1 aromatic rings. The van der Waals surface area contributed by atoms with Crippen LogP contribution in [0.25, 0.3) is 0 Å². The predicted octanol–water partition coefficient (Wildman–Crippen LogP) is 2.22. The van der Waals surface area contributed by atoms with Crippen molar-refractivity contribution in [1.82, 2.24) is 5.32 Å². The Kier molecular flexibility index (Phi) is 4.46. The lowest BCUT2D eigenvalue weighted by atomic mass is 10.1. The van der Waals surface area contributed by atoms with Gasteiger partial charge in [0.25, 0.3) is 6.43 Å². The van der Waals surface area contributed by atoms with Crippen LogP contribution in [0.15, 0.2) is 24.3 Å². The molecular formula is C10H12F3N. The van der Waals surface area contributed by atoms with Gasteiger partial charge >= 0.3 is 0 Å². The molecule has 4 heteroatoms. The van der Waals surface area contributed by atoms with E-state index in [-0.39, 0.29) is 12.4 Å². The smallest absolute Gasteiger partial charge is 0.250 e. The highest BCUT2D eigenvalue weighted by atomic mass is 19.3. The molecule has 1 N–H and O–H groups in total. The molecular weight excluding hydrogens is 191 g/mol. The Balaban J connectivity index is 2.28. The van der Waals surface area contributed by atoms with Gasteiger partial charge in [-0.3, -0.25) is 0 Å². The fourth-order valence-electron chi connectivity index (χ4n) is 1.14.